The number of anilines is 1. The van der Waals surface area contributed by atoms with Crippen LogP contribution >= 0.6 is 34.2 Å². The summed E-state index contributed by atoms with van der Waals surface area (Å²) < 4.78 is 1.13. The molecule has 16 heavy (non-hydrogen) atoms. The molecule has 0 saturated heterocycles. The van der Waals surface area contributed by atoms with Gasteiger partial charge in [0.2, 0.25) is 0 Å². The van der Waals surface area contributed by atoms with Gasteiger partial charge in [0.05, 0.1) is 22.9 Å². The summed E-state index contributed by atoms with van der Waals surface area (Å²) in [4.78, 5) is 4.23. The molecule has 0 spiro atoms. The zero-order valence-electron chi connectivity index (χ0n) is 8.45. The fourth-order valence-electron chi connectivity index (χ4n) is 1.32. The van der Waals surface area contributed by atoms with Crippen molar-refractivity contribution >= 4 is 39.9 Å². The first-order valence-electron chi connectivity index (χ1n) is 4.84. The second kappa shape index (κ2) is 5.50. The van der Waals surface area contributed by atoms with Crippen molar-refractivity contribution in [2.45, 2.75) is 6.54 Å². The molecule has 2 nitrogen and oxygen atoms in total. The normalized spacial score (nSPS) is 10.1. The number of benzene rings is 1. The molecule has 0 bridgehead atoms. The van der Waals surface area contributed by atoms with Gasteiger partial charge in [-0.2, -0.15) is 0 Å². The molecule has 2 aromatic rings. The van der Waals surface area contributed by atoms with E-state index >= 15 is 0 Å². The summed E-state index contributed by atoms with van der Waals surface area (Å²) in [5.74, 6) is 0. The van der Waals surface area contributed by atoms with Gasteiger partial charge in [0.15, 0.2) is 0 Å². The van der Waals surface area contributed by atoms with Crippen molar-refractivity contribution in [1.82, 2.24) is 4.98 Å². The van der Waals surface area contributed by atoms with Crippen molar-refractivity contribution in [2.75, 3.05) is 5.32 Å². The number of halogens is 2. The SMILES string of the molecule is Clc1cc(I)ccc1NCc1ccccn1. The topological polar surface area (TPSA) is 24.9 Å². The molecule has 0 aliphatic carbocycles. The minimum atomic E-state index is 0.682. The Hall–Kier alpha value is -0.810. The first-order valence-corrected chi connectivity index (χ1v) is 6.30. The molecule has 0 amide bonds. The van der Waals surface area contributed by atoms with Gasteiger partial charge in [0, 0.05) is 9.77 Å². The van der Waals surface area contributed by atoms with E-state index in [9.17, 15) is 0 Å². The highest BCUT2D eigenvalue weighted by Crippen LogP contribution is 2.24. The van der Waals surface area contributed by atoms with Gasteiger partial charge >= 0.3 is 0 Å². The monoisotopic (exact) mass is 344 g/mol. The van der Waals surface area contributed by atoms with E-state index < -0.39 is 0 Å². The summed E-state index contributed by atoms with van der Waals surface area (Å²) in [6.07, 6.45) is 1.78. The fourth-order valence-corrected chi connectivity index (χ4v) is 2.24. The van der Waals surface area contributed by atoms with E-state index in [1.54, 1.807) is 6.20 Å². The predicted molar refractivity (Wildman–Crippen MR) is 75.7 cm³/mol. The van der Waals surface area contributed by atoms with Crippen LogP contribution in [0.15, 0.2) is 42.6 Å². The molecule has 0 radical (unpaired) electrons. The van der Waals surface area contributed by atoms with Gasteiger partial charge in [0.1, 0.15) is 0 Å². The Morgan fingerprint density at radius 2 is 2.12 bits per heavy atom. The molecule has 82 valence electrons. The molecule has 0 fully saturated rings. The minimum absolute atomic E-state index is 0.682. The van der Waals surface area contributed by atoms with E-state index in [0.717, 1.165) is 20.0 Å². The summed E-state index contributed by atoms with van der Waals surface area (Å²) in [6.45, 7) is 0.682. The predicted octanol–water partition coefficient (Wildman–Crippen LogP) is 3.95. The maximum atomic E-state index is 6.11. The van der Waals surface area contributed by atoms with E-state index in [0.29, 0.717) is 6.54 Å². The van der Waals surface area contributed by atoms with Crippen LogP contribution in [-0.2, 0) is 6.54 Å². The van der Waals surface area contributed by atoms with Crippen molar-refractivity contribution in [3.63, 3.8) is 0 Å². The molecule has 1 heterocycles. The van der Waals surface area contributed by atoms with Crippen LogP contribution in [0.2, 0.25) is 5.02 Å². The van der Waals surface area contributed by atoms with E-state index in [2.05, 4.69) is 32.9 Å². The molecule has 1 aromatic heterocycles. The first kappa shape index (κ1) is 11.7. The Balaban J connectivity index is 2.05. The number of rotatable bonds is 3. The van der Waals surface area contributed by atoms with Crippen LogP contribution in [-0.4, -0.2) is 4.98 Å². The average molecular weight is 345 g/mol. The lowest BCUT2D eigenvalue weighted by Crippen LogP contribution is -2.01. The number of pyridine rings is 1. The van der Waals surface area contributed by atoms with Crippen molar-refractivity contribution < 1.29 is 0 Å². The summed E-state index contributed by atoms with van der Waals surface area (Å²) in [5.41, 5.74) is 1.94. The number of aromatic nitrogens is 1. The Morgan fingerprint density at radius 3 is 2.81 bits per heavy atom. The summed E-state index contributed by atoms with van der Waals surface area (Å²) in [7, 11) is 0. The molecule has 1 N–H and O–H groups in total. The number of nitrogens with one attached hydrogen (secondary N) is 1. The van der Waals surface area contributed by atoms with Crippen molar-refractivity contribution in [3.8, 4) is 0 Å². The minimum Gasteiger partial charge on any atom is -0.378 e. The molecule has 0 unspecified atom stereocenters. The highest BCUT2D eigenvalue weighted by Gasteiger charge is 2.00. The Bertz CT molecular complexity index is 474. The summed E-state index contributed by atoms with van der Waals surface area (Å²) in [6, 6.07) is 11.8. The van der Waals surface area contributed by atoms with E-state index in [4.69, 9.17) is 11.6 Å². The standard InChI is InChI=1S/C12H10ClIN2/c13-11-7-9(14)4-5-12(11)16-8-10-3-1-2-6-15-10/h1-7,16H,8H2. The number of hydrogen-bond donors (Lipinski definition) is 1. The molecule has 0 aliphatic rings. The maximum Gasteiger partial charge on any atom is 0.0648 e. The average Bonchev–Trinajstić information content (AvgIpc) is 2.29. The van der Waals surface area contributed by atoms with Gasteiger partial charge in [-0.15, -0.1) is 0 Å². The maximum absolute atomic E-state index is 6.11. The second-order valence-electron chi connectivity index (χ2n) is 3.30. The van der Waals surface area contributed by atoms with E-state index in [1.165, 1.54) is 0 Å². The van der Waals surface area contributed by atoms with Crippen molar-refractivity contribution in [3.05, 3.63) is 56.9 Å². The van der Waals surface area contributed by atoms with Crippen LogP contribution < -0.4 is 5.32 Å². The van der Waals surface area contributed by atoms with Gasteiger partial charge in [-0.05, 0) is 52.9 Å². The van der Waals surface area contributed by atoms with Crippen LogP contribution in [0.5, 0.6) is 0 Å². The van der Waals surface area contributed by atoms with Crippen LogP contribution in [0.1, 0.15) is 5.69 Å². The molecule has 4 heteroatoms. The highest BCUT2D eigenvalue weighted by atomic mass is 127. The molecule has 0 atom stereocenters. The quantitative estimate of drug-likeness (QED) is 0.853. The number of hydrogen-bond acceptors (Lipinski definition) is 2. The fraction of sp³-hybridized carbons (Fsp3) is 0.0833. The van der Waals surface area contributed by atoms with Crippen molar-refractivity contribution in [2.24, 2.45) is 0 Å². The Labute approximate surface area is 113 Å². The van der Waals surface area contributed by atoms with Gasteiger partial charge in [0.25, 0.3) is 0 Å². The largest absolute Gasteiger partial charge is 0.378 e. The van der Waals surface area contributed by atoms with E-state index in [1.807, 2.05) is 36.4 Å². The summed E-state index contributed by atoms with van der Waals surface area (Å²) >= 11 is 8.35. The Morgan fingerprint density at radius 1 is 1.25 bits per heavy atom. The van der Waals surface area contributed by atoms with Crippen LogP contribution in [0, 0.1) is 3.57 Å². The zero-order chi connectivity index (χ0) is 11.4. The first-order chi connectivity index (χ1) is 7.75. The third-order valence-electron chi connectivity index (χ3n) is 2.12. The second-order valence-corrected chi connectivity index (χ2v) is 4.95. The highest BCUT2D eigenvalue weighted by molar-refractivity contribution is 14.1. The van der Waals surface area contributed by atoms with Crippen LogP contribution in [0.25, 0.3) is 0 Å². The zero-order valence-corrected chi connectivity index (χ0v) is 11.4. The van der Waals surface area contributed by atoms with E-state index in [-0.39, 0.29) is 0 Å². The molecular formula is C12H10ClIN2. The summed E-state index contributed by atoms with van der Waals surface area (Å²) in [5, 5.41) is 4.00. The Kier molecular flexibility index (Phi) is 4.01. The lowest BCUT2D eigenvalue weighted by atomic mass is 10.3. The third kappa shape index (κ3) is 3.09. The molecule has 1 aromatic carbocycles. The van der Waals surface area contributed by atoms with Gasteiger partial charge in [-0.3, -0.25) is 4.98 Å². The van der Waals surface area contributed by atoms with Gasteiger partial charge in [-0.25, -0.2) is 0 Å². The van der Waals surface area contributed by atoms with Crippen molar-refractivity contribution in [1.29, 1.82) is 0 Å². The van der Waals surface area contributed by atoms with Gasteiger partial charge in [-0.1, -0.05) is 17.7 Å². The third-order valence-corrected chi connectivity index (χ3v) is 3.10. The molecular weight excluding hydrogens is 335 g/mol. The number of nitrogens with zero attached hydrogens (tertiary/aromatic N) is 1. The lowest BCUT2D eigenvalue weighted by molar-refractivity contribution is 1.05. The smallest absolute Gasteiger partial charge is 0.0648 e. The van der Waals surface area contributed by atoms with Gasteiger partial charge < -0.3 is 5.32 Å². The molecule has 2 rings (SSSR count). The lowest BCUT2D eigenvalue weighted by Gasteiger charge is -2.07. The van der Waals surface area contributed by atoms with Crippen LogP contribution in [0.3, 0.4) is 0 Å². The molecule has 0 saturated carbocycles. The molecule has 0 aliphatic heterocycles. The van der Waals surface area contributed by atoms with Crippen LogP contribution in [0.4, 0.5) is 5.69 Å².